The third-order valence-corrected chi connectivity index (χ3v) is 3.70. The Hall–Kier alpha value is 0.0300. The van der Waals surface area contributed by atoms with Crippen LogP contribution in [0.25, 0.3) is 0 Å². The zero-order chi connectivity index (χ0) is 14.2. The van der Waals surface area contributed by atoms with Crippen molar-refractivity contribution < 1.29 is 24.6 Å². The maximum absolute atomic E-state index is 11.1. The van der Waals surface area contributed by atoms with Gasteiger partial charge < -0.3 is 20.0 Å². The number of aliphatic hydroxyl groups excluding tert-OH is 2. The Bertz CT molecular complexity index is 266. The summed E-state index contributed by atoms with van der Waals surface area (Å²) in [5.41, 5.74) is -0.376. The average molecular weight is 283 g/mol. The lowest BCUT2D eigenvalue weighted by molar-refractivity contribution is 0.110. The van der Waals surface area contributed by atoms with E-state index in [0.717, 1.165) is 0 Å². The predicted octanol–water partition coefficient (Wildman–Crippen LogP) is 0.747. The molecule has 7 heteroatoms. The maximum atomic E-state index is 11.1. The molecule has 0 radical (unpaired) electrons. The van der Waals surface area contributed by atoms with Gasteiger partial charge in [0.25, 0.3) is 0 Å². The molecule has 110 valence electrons. The summed E-state index contributed by atoms with van der Waals surface area (Å²) in [6.07, 6.45) is 2.30. The highest BCUT2D eigenvalue weighted by atomic mass is 31.2. The third-order valence-electron chi connectivity index (χ3n) is 2.99. The summed E-state index contributed by atoms with van der Waals surface area (Å²) in [7, 11) is -4.10. The Balaban J connectivity index is 4.56. The van der Waals surface area contributed by atoms with Gasteiger partial charge in [-0.2, -0.15) is 0 Å². The SMILES string of the molecule is CC(C)(CCCO)N(CCCCO)CP(=O)(O)O. The van der Waals surface area contributed by atoms with Crippen molar-refractivity contribution in [2.24, 2.45) is 0 Å². The fourth-order valence-electron chi connectivity index (χ4n) is 1.87. The molecule has 0 saturated carbocycles. The van der Waals surface area contributed by atoms with E-state index in [1.807, 2.05) is 13.8 Å². The predicted molar refractivity (Wildman–Crippen MR) is 70.3 cm³/mol. The van der Waals surface area contributed by atoms with Gasteiger partial charge in [-0.25, -0.2) is 0 Å². The van der Waals surface area contributed by atoms with Crippen molar-refractivity contribution in [3.05, 3.63) is 0 Å². The van der Waals surface area contributed by atoms with E-state index >= 15 is 0 Å². The van der Waals surface area contributed by atoms with Crippen LogP contribution < -0.4 is 0 Å². The van der Waals surface area contributed by atoms with E-state index in [-0.39, 0.29) is 25.0 Å². The van der Waals surface area contributed by atoms with Crippen LogP contribution in [0.1, 0.15) is 39.5 Å². The molecule has 0 amide bonds. The van der Waals surface area contributed by atoms with Crippen LogP contribution in [-0.4, -0.2) is 56.5 Å². The molecule has 0 fully saturated rings. The van der Waals surface area contributed by atoms with E-state index in [4.69, 9.17) is 20.0 Å². The van der Waals surface area contributed by atoms with Crippen LogP contribution in [0.4, 0.5) is 0 Å². The molecule has 0 rings (SSSR count). The first-order chi connectivity index (χ1) is 8.23. The number of hydrogen-bond acceptors (Lipinski definition) is 4. The summed E-state index contributed by atoms with van der Waals surface area (Å²) in [5.74, 6) is 0. The van der Waals surface area contributed by atoms with Crippen molar-refractivity contribution in [2.45, 2.75) is 45.1 Å². The number of nitrogens with zero attached hydrogens (tertiary/aromatic N) is 1. The zero-order valence-corrected chi connectivity index (χ0v) is 12.1. The minimum Gasteiger partial charge on any atom is -0.396 e. The molecular formula is C11H26NO5P. The number of hydrogen-bond donors (Lipinski definition) is 4. The Labute approximate surface area is 109 Å². The lowest BCUT2D eigenvalue weighted by atomic mass is 9.96. The second-order valence-corrected chi connectivity index (χ2v) is 6.75. The van der Waals surface area contributed by atoms with Gasteiger partial charge in [-0.1, -0.05) is 0 Å². The highest BCUT2D eigenvalue weighted by Gasteiger charge is 2.30. The molecule has 0 spiro atoms. The minimum absolute atomic E-state index is 0.0732. The number of unbranched alkanes of at least 4 members (excludes halogenated alkanes) is 1. The minimum atomic E-state index is -4.10. The van der Waals surface area contributed by atoms with Crippen molar-refractivity contribution in [3.63, 3.8) is 0 Å². The van der Waals surface area contributed by atoms with Crippen LogP contribution in [0.5, 0.6) is 0 Å². The summed E-state index contributed by atoms with van der Waals surface area (Å²) < 4.78 is 11.1. The molecule has 0 aromatic heterocycles. The van der Waals surface area contributed by atoms with Gasteiger partial charge in [0.1, 0.15) is 6.29 Å². The van der Waals surface area contributed by atoms with E-state index in [0.29, 0.717) is 32.2 Å². The van der Waals surface area contributed by atoms with Gasteiger partial charge in [0.2, 0.25) is 0 Å². The Morgan fingerprint density at radius 1 is 1.06 bits per heavy atom. The smallest absolute Gasteiger partial charge is 0.339 e. The van der Waals surface area contributed by atoms with Crippen molar-refractivity contribution in [2.75, 3.05) is 26.0 Å². The van der Waals surface area contributed by atoms with Gasteiger partial charge in [0.15, 0.2) is 0 Å². The van der Waals surface area contributed by atoms with Crippen molar-refractivity contribution in [3.8, 4) is 0 Å². The highest BCUT2D eigenvalue weighted by molar-refractivity contribution is 7.51. The van der Waals surface area contributed by atoms with Crippen LogP contribution >= 0.6 is 7.60 Å². The fraction of sp³-hybridized carbons (Fsp3) is 1.00. The van der Waals surface area contributed by atoms with Gasteiger partial charge >= 0.3 is 7.60 Å². The van der Waals surface area contributed by atoms with Gasteiger partial charge in [0, 0.05) is 18.8 Å². The summed E-state index contributed by atoms with van der Waals surface area (Å²) in [6.45, 7) is 4.52. The zero-order valence-electron chi connectivity index (χ0n) is 11.2. The molecule has 0 saturated heterocycles. The standard InChI is InChI=1S/C11H26NO5P/c1-11(2,6-5-9-14)12(7-3-4-8-13)10-18(15,16)17/h13-14H,3-10H2,1-2H3,(H2,15,16,17). The normalized spacial score (nSPS) is 13.3. The van der Waals surface area contributed by atoms with E-state index in [9.17, 15) is 4.57 Å². The molecule has 6 nitrogen and oxygen atoms in total. The van der Waals surface area contributed by atoms with Crippen molar-refractivity contribution in [1.82, 2.24) is 4.90 Å². The summed E-state index contributed by atoms with van der Waals surface area (Å²) in [4.78, 5) is 20.0. The first-order valence-electron chi connectivity index (χ1n) is 6.24. The monoisotopic (exact) mass is 283 g/mol. The highest BCUT2D eigenvalue weighted by Crippen LogP contribution is 2.38. The Morgan fingerprint density at radius 3 is 2.06 bits per heavy atom. The lowest BCUT2D eigenvalue weighted by Crippen LogP contribution is -2.45. The molecule has 0 aliphatic rings. The molecule has 0 atom stereocenters. The quantitative estimate of drug-likeness (QED) is 0.348. The van der Waals surface area contributed by atoms with E-state index in [2.05, 4.69) is 0 Å². The topological polar surface area (TPSA) is 101 Å². The van der Waals surface area contributed by atoms with Gasteiger partial charge in [0.05, 0.1) is 0 Å². The van der Waals surface area contributed by atoms with Gasteiger partial charge in [-0.15, -0.1) is 0 Å². The van der Waals surface area contributed by atoms with Gasteiger partial charge in [-0.05, 0) is 46.1 Å². The molecule has 0 aliphatic heterocycles. The second kappa shape index (κ2) is 8.25. The number of aliphatic hydroxyl groups is 2. The van der Waals surface area contributed by atoms with E-state index < -0.39 is 7.60 Å². The molecule has 0 unspecified atom stereocenters. The summed E-state index contributed by atoms with van der Waals surface area (Å²) in [5, 5.41) is 17.6. The molecule has 0 aromatic rings. The third kappa shape index (κ3) is 8.19. The largest absolute Gasteiger partial charge is 0.396 e. The summed E-state index contributed by atoms with van der Waals surface area (Å²) >= 11 is 0. The van der Waals surface area contributed by atoms with Crippen molar-refractivity contribution in [1.29, 1.82) is 0 Å². The average Bonchev–Trinajstić information content (AvgIpc) is 2.24. The lowest BCUT2D eigenvalue weighted by Gasteiger charge is -2.38. The first-order valence-corrected chi connectivity index (χ1v) is 8.04. The van der Waals surface area contributed by atoms with E-state index in [1.54, 1.807) is 4.90 Å². The molecular weight excluding hydrogens is 257 g/mol. The van der Waals surface area contributed by atoms with Crippen LogP contribution in [-0.2, 0) is 4.57 Å². The Kier molecular flexibility index (Phi) is 8.26. The van der Waals surface area contributed by atoms with Crippen LogP contribution in [0.2, 0.25) is 0 Å². The molecule has 0 aliphatic carbocycles. The molecule has 0 bridgehead atoms. The van der Waals surface area contributed by atoms with Crippen LogP contribution in [0.15, 0.2) is 0 Å². The van der Waals surface area contributed by atoms with E-state index in [1.165, 1.54) is 0 Å². The molecule has 18 heavy (non-hydrogen) atoms. The van der Waals surface area contributed by atoms with Gasteiger partial charge in [-0.3, -0.25) is 9.46 Å². The van der Waals surface area contributed by atoms with Crippen molar-refractivity contribution >= 4 is 7.60 Å². The second-order valence-electron chi connectivity index (χ2n) is 5.14. The molecule has 4 N–H and O–H groups in total. The first kappa shape index (κ1) is 18.0. The summed E-state index contributed by atoms with van der Waals surface area (Å²) in [6, 6.07) is 0. The van der Waals surface area contributed by atoms with Crippen LogP contribution in [0.3, 0.4) is 0 Å². The maximum Gasteiger partial charge on any atom is 0.339 e. The Morgan fingerprint density at radius 2 is 1.61 bits per heavy atom. The number of rotatable bonds is 10. The molecule has 0 aromatic carbocycles. The molecule has 0 heterocycles. The fourth-order valence-corrected chi connectivity index (χ4v) is 2.84. The van der Waals surface area contributed by atoms with Crippen LogP contribution in [0, 0.1) is 0 Å².